The molecule has 11 heterocycles. The van der Waals surface area contributed by atoms with Crippen LogP contribution in [0.5, 0.6) is 6.01 Å². The zero-order valence-electron chi connectivity index (χ0n) is 69.7. The van der Waals surface area contributed by atoms with Crippen molar-refractivity contribution in [1.29, 1.82) is 0 Å². The van der Waals surface area contributed by atoms with E-state index in [1.54, 1.807) is 32.2 Å². The SMILES string of the molecule is CC(C)(C)[Si](C)(C)OC[C@H]1S[C@@H](n2ccc(=O)[nH]c2=O)C(O)[C@H]1O.CC(C)(C)[Si](C)(C)OC[C@H]1S[C@@H]2C(Oc3nc(=O)ccn32)[C@H]1O.CC[C@H]1S[C@@H](n2ccc(=O)[nH]c2=O)C(OCCOC)[C@H]1O.COCCOC1[C@@H](O)[C@@H](CO)S[C@H]1n1ccc(=O)[nH]c1=O.COCCOC1[C@@H](O)[C@@H](CO[Si](C)(C)C(C)(C)C)S[C@H]1n1ccc(=O)[nH]c1=O. The summed E-state index contributed by atoms with van der Waals surface area (Å²) in [5, 5.41) is 69.0. The van der Waals surface area contributed by atoms with Crippen LogP contribution in [0.3, 0.4) is 0 Å². The number of aromatic nitrogens is 10. The van der Waals surface area contributed by atoms with Crippen LogP contribution in [0.25, 0.3) is 0 Å². The highest BCUT2D eigenvalue weighted by molar-refractivity contribution is 8.01. The van der Waals surface area contributed by atoms with Crippen molar-refractivity contribution in [3.05, 3.63) is 155 Å². The first-order valence-corrected chi connectivity index (χ1v) is 51.8. The molecule has 44 heteroatoms. The molecule has 36 nitrogen and oxygen atoms in total. The largest absolute Gasteiger partial charge is 0.455 e. The third-order valence-electron chi connectivity index (χ3n) is 22.0. The molecule has 5 aromatic rings. The molecule has 6 aliphatic heterocycles. The topological polar surface area (TPSA) is 488 Å². The van der Waals surface area contributed by atoms with E-state index in [0.29, 0.717) is 58.9 Å². The van der Waals surface area contributed by atoms with Crippen molar-refractivity contribution in [2.24, 2.45) is 0 Å². The maximum atomic E-state index is 12.3. The van der Waals surface area contributed by atoms with Crippen LogP contribution in [-0.2, 0) is 41.7 Å². The molecule has 117 heavy (non-hydrogen) atoms. The van der Waals surface area contributed by atoms with Crippen LogP contribution in [0.2, 0.25) is 54.4 Å². The van der Waals surface area contributed by atoms with Crippen molar-refractivity contribution in [3.8, 4) is 6.01 Å². The smallest absolute Gasteiger partial charge is 0.329 e. The van der Waals surface area contributed by atoms with E-state index >= 15 is 0 Å². The third kappa shape index (κ3) is 25.4. The van der Waals surface area contributed by atoms with Gasteiger partial charge in [-0.15, -0.1) is 58.8 Å². The number of methoxy groups -OCH3 is 3. The van der Waals surface area contributed by atoms with E-state index in [0.717, 1.165) is 6.42 Å². The molecule has 0 radical (unpaired) electrons. The Hall–Kier alpha value is -4.84. The minimum atomic E-state index is -1.98. The third-order valence-corrected chi connectivity index (χ3v) is 43.4. The van der Waals surface area contributed by atoms with Crippen LogP contribution < -0.4 is 55.3 Å². The fourth-order valence-corrected chi connectivity index (χ4v) is 22.8. The first-order valence-electron chi connectivity index (χ1n) is 38.4. The summed E-state index contributed by atoms with van der Waals surface area (Å²) in [7, 11) is -1.11. The first-order chi connectivity index (χ1) is 54.7. The minimum absolute atomic E-state index is 0.0126. The van der Waals surface area contributed by atoms with Gasteiger partial charge in [-0.25, -0.2) is 19.2 Å². The number of ether oxygens (including phenoxy) is 7. The predicted octanol–water partition coefficient (Wildman–Crippen LogP) is 2.95. The van der Waals surface area contributed by atoms with Crippen LogP contribution in [0.4, 0.5) is 0 Å². The second-order valence-corrected chi connectivity index (χ2v) is 54.4. The van der Waals surface area contributed by atoms with Gasteiger partial charge >= 0.3 is 28.8 Å². The number of hydrogen-bond acceptors (Lipinski definition) is 32. The number of thioether (sulfide) groups is 5. The van der Waals surface area contributed by atoms with Gasteiger partial charge in [-0.3, -0.25) is 66.7 Å². The van der Waals surface area contributed by atoms with Gasteiger partial charge in [-0.2, -0.15) is 4.98 Å². The van der Waals surface area contributed by atoms with Crippen molar-refractivity contribution >= 4 is 83.8 Å². The second kappa shape index (κ2) is 43.0. The number of aliphatic hydroxyl groups is 7. The molecule has 0 bridgehead atoms. The van der Waals surface area contributed by atoms with Crippen LogP contribution in [-0.4, -0.2) is 283 Å². The molecular formula is C73H120N10O26S5Si3. The van der Waals surface area contributed by atoms with E-state index in [1.165, 1.54) is 128 Å². The lowest BCUT2D eigenvalue weighted by atomic mass is 10.1. The molecule has 0 aliphatic carbocycles. The molecule has 5 fully saturated rings. The van der Waals surface area contributed by atoms with E-state index in [-0.39, 0.29) is 71.7 Å². The summed E-state index contributed by atoms with van der Waals surface area (Å²) in [6.45, 7) is 37.5. The standard InChI is InChI=1S/C18H32N2O6SSi.C15H26N2O5SSi.C15H24N2O4SSi.C13H20N2O5S.C12H18N2O6S/c1-18(2,3)28(5,6)26-11-12-14(22)15(25-10-9-24-4)16(27-12)20-8-7-13(21)19-17(20)23;1-15(2,3)24(4,5)22-8-9-11(19)12(20)13(23-9)17-7-6-10(18)16-14(17)21;1-15(2,3)23(4,5)20-8-9-11(19)12-13(22-9)17-7-6-10(18)16-14(17)21-12;1-3-8-10(17)11(20-7-6-19-2)12(21-8)15-5-4-9(16)14-13(15)18;1-19-4-5-20-10-9(17)7(6-15)21-11(10)14-3-2-8(16)13-12(14)18/h7-8,12,14-16,22H,9-11H2,1-6H3,(H,19,21,23);6-7,9,11-13,19-20H,8H2,1-5H3,(H,16,18,21);6-7,9,11-13,19H,8H2,1-5H3;4-5,8,10-12,17H,3,6-7H2,1-2H3,(H,14,16,18);2-3,7,9-11,15,17H,4-6H2,1H3,(H,13,16,18)/t12-,14+,15?,16-;2*9-,11+,12?,13-;8-,10+,11?,12-;7-,9+,10?,11-/m11111/s1. The zero-order valence-corrected chi connectivity index (χ0v) is 76.8. The Bertz CT molecular complexity index is 4460. The van der Waals surface area contributed by atoms with E-state index in [1.807, 2.05) is 11.5 Å². The molecule has 11 N–H and O–H groups in total. The number of nitrogens with zero attached hydrogens (tertiary/aromatic N) is 6. The molecule has 5 aromatic heterocycles. The van der Waals surface area contributed by atoms with Crippen molar-refractivity contribution in [3.63, 3.8) is 0 Å². The molecule has 0 amide bonds. The van der Waals surface area contributed by atoms with Gasteiger partial charge in [0.1, 0.15) is 57.4 Å². The number of H-pyrrole nitrogens is 4. The van der Waals surface area contributed by atoms with Gasteiger partial charge in [-0.1, -0.05) is 69.2 Å². The predicted molar refractivity (Wildman–Crippen MR) is 458 cm³/mol. The highest BCUT2D eigenvalue weighted by atomic mass is 32.2. The Morgan fingerprint density at radius 2 is 0.701 bits per heavy atom. The van der Waals surface area contributed by atoms with Gasteiger partial charge in [0.25, 0.3) is 27.8 Å². The zero-order chi connectivity index (χ0) is 87.2. The molecule has 0 saturated carbocycles. The molecule has 6 aliphatic rings. The number of fused-ring (bicyclic) bond motifs is 3. The lowest BCUT2D eigenvalue weighted by Gasteiger charge is -2.37. The van der Waals surface area contributed by atoms with Gasteiger partial charge in [0.15, 0.2) is 31.1 Å². The summed E-state index contributed by atoms with van der Waals surface area (Å²) in [4.78, 5) is 117. The number of aliphatic hydroxyl groups excluding tert-OH is 7. The molecule has 20 atom stereocenters. The fraction of sp³-hybridized carbons (Fsp3) is 0.726. The maximum absolute atomic E-state index is 12.3. The average Bonchev–Trinajstić information content (AvgIpc) is 1.57. The molecule has 11 rings (SSSR count). The minimum Gasteiger partial charge on any atom is -0.455 e. The molecule has 5 unspecified atom stereocenters. The first kappa shape index (κ1) is 99.3. The molecule has 5 saturated heterocycles. The average molecular weight is 1800 g/mol. The number of aromatic amines is 4. The Labute approximate surface area is 702 Å². The lowest BCUT2D eigenvalue weighted by molar-refractivity contribution is -0.0565. The Morgan fingerprint density at radius 1 is 0.402 bits per heavy atom. The summed E-state index contributed by atoms with van der Waals surface area (Å²) in [6.07, 6.45) is 0.730. The summed E-state index contributed by atoms with van der Waals surface area (Å²) in [5.74, 6) is 0. The van der Waals surface area contributed by atoms with Crippen molar-refractivity contribution in [2.75, 3.05) is 87.4 Å². The normalized spacial score (nSPS) is 28.3. The van der Waals surface area contributed by atoms with Crippen LogP contribution in [0, 0.1) is 0 Å². The summed E-state index contributed by atoms with van der Waals surface area (Å²) in [6, 6.07) is 6.75. The van der Waals surface area contributed by atoms with Crippen LogP contribution in [0.15, 0.2) is 104 Å². The second-order valence-electron chi connectivity index (χ2n) is 33.2. The highest BCUT2D eigenvalue weighted by Crippen LogP contribution is 2.51. The van der Waals surface area contributed by atoms with Crippen molar-refractivity contribution in [1.82, 2.24) is 47.8 Å². The van der Waals surface area contributed by atoms with Crippen molar-refractivity contribution < 1.29 is 82.2 Å². The van der Waals surface area contributed by atoms with Gasteiger partial charge in [-0.05, 0) is 60.8 Å². The van der Waals surface area contributed by atoms with E-state index in [4.69, 9.17) is 46.4 Å². The Balaban J connectivity index is 0.000000203. The van der Waals surface area contributed by atoms with Crippen molar-refractivity contribution in [2.45, 2.75) is 244 Å². The number of rotatable bonds is 27. The number of nitrogens with one attached hydrogen (secondary N) is 4. The van der Waals surface area contributed by atoms with Crippen LogP contribution in [0.1, 0.15) is 103 Å². The Morgan fingerprint density at radius 3 is 1.04 bits per heavy atom. The van der Waals surface area contributed by atoms with E-state index in [9.17, 15) is 78.9 Å². The van der Waals surface area contributed by atoms with E-state index < -0.39 is 146 Å². The van der Waals surface area contributed by atoms with E-state index in [2.05, 4.69) is 127 Å². The summed E-state index contributed by atoms with van der Waals surface area (Å²) < 4.78 is 63.5. The van der Waals surface area contributed by atoms with Crippen LogP contribution >= 0.6 is 58.8 Å². The van der Waals surface area contributed by atoms with Gasteiger partial charge in [0, 0.05) is 108 Å². The highest BCUT2D eigenvalue weighted by Gasteiger charge is 2.53. The lowest BCUT2D eigenvalue weighted by Crippen LogP contribution is -2.44. The maximum Gasteiger partial charge on any atom is 0.329 e. The quantitative estimate of drug-likeness (QED) is 0.0266. The molecule has 0 spiro atoms. The fourth-order valence-electron chi connectivity index (χ4n) is 11.9. The molecular weight excluding hydrogens is 1680 g/mol. The Kier molecular flexibility index (Phi) is 36.5. The monoisotopic (exact) mass is 1800 g/mol. The van der Waals surface area contributed by atoms with Gasteiger partial charge in [0.2, 0.25) is 0 Å². The summed E-state index contributed by atoms with van der Waals surface area (Å²) in [5.41, 5.74) is -4.41. The summed E-state index contributed by atoms with van der Waals surface area (Å²) >= 11 is 7.07. The molecule has 0 aromatic carbocycles. The van der Waals surface area contributed by atoms with Gasteiger partial charge < -0.3 is 82.2 Å². The number of hydrogen-bond donors (Lipinski definition) is 11. The molecule has 660 valence electrons. The van der Waals surface area contributed by atoms with Gasteiger partial charge in [0.05, 0.1) is 91.7 Å².